The fraction of sp³-hybridized carbons (Fsp3) is 0.267. The van der Waals surface area contributed by atoms with Gasteiger partial charge in [-0.25, -0.2) is 9.59 Å². The molecule has 0 spiro atoms. The van der Waals surface area contributed by atoms with Crippen LogP contribution < -0.4 is 0 Å². The van der Waals surface area contributed by atoms with Crippen molar-refractivity contribution in [2.24, 2.45) is 0 Å². The number of hydrogen-bond acceptors (Lipinski definition) is 6. The highest BCUT2D eigenvalue weighted by Crippen LogP contribution is 2.21. The Balaban J connectivity index is 3.35. The summed E-state index contributed by atoms with van der Waals surface area (Å²) >= 11 is 0. The van der Waals surface area contributed by atoms with Crippen LogP contribution in [-0.4, -0.2) is 33.9 Å². The second-order valence-corrected chi connectivity index (χ2v) is 4.63. The van der Waals surface area contributed by atoms with Crippen LogP contribution in [0, 0.1) is 10.1 Å². The van der Waals surface area contributed by atoms with E-state index in [2.05, 4.69) is 0 Å². The number of nitro benzene ring substituents is 1. The van der Waals surface area contributed by atoms with Crippen LogP contribution in [0.5, 0.6) is 0 Å². The lowest BCUT2D eigenvalue weighted by Gasteiger charge is -2.11. The van der Waals surface area contributed by atoms with Gasteiger partial charge >= 0.3 is 11.9 Å². The van der Waals surface area contributed by atoms with Gasteiger partial charge in [0.15, 0.2) is 0 Å². The van der Waals surface area contributed by atoms with Gasteiger partial charge < -0.3 is 9.84 Å². The number of Topliss-reactive ketones (excluding diaryl/α,β-unsaturated/α-hetero) is 1. The highest BCUT2D eigenvalue weighted by molar-refractivity contribution is 6.47. The van der Waals surface area contributed by atoms with Gasteiger partial charge in [-0.3, -0.25) is 14.9 Å². The first-order chi connectivity index (χ1) is 10.8. The number of carbonyl (C=O) groups is 3. The Bertz CT molecular complexity index is 678. The lowest BCUT2D eigenvalue weighted by Crippen LogP contribution is -2.25. The summed E-state index contributed by atoms with van der Waals surface area (Å²) in [4.78, 5) is 44.8. The minimum atomic E-state index is -1.85. The van der Waals surface area contributed by atoms with E-state index in [9.17, 15) is 24.5 Å². The molecule has 8 nitrogen and oxygen atoms in total. The molecule has 0 aliphatic heterocycles. The van der Waals surface area contributed by atoms with Gasteiger partial charge in [0.05, 0.1) is 16.6 Å². The second-order valence-electron chi connectivity index (χ2n) is 4.63. The molecule has 0 saturated carbocycles. The number of carboxylic acid groups (broad SMARTS) is 1. The molecule has 0 aromatic heterocycles. The fourth-order valence-corrected chi connectivity index (χ4v) is 1.59. The molecular formula is C15H15NO7. The van der Waals surface area contributed by atoms with E-state index in [0.717, 1.165) is 6.08 Å². The highest BCUT2D eigenvalue weighted by Gasteiger charge is 2.28. The molecule has 1 aromatic rings. The second kappa shape index (κ2) is 7.83. The van der Waals surface area contributed by atoms with Crippen LogP contribution in [0.2, 0.25) is 0 Å². The van der Waals surface area contributed by atoms with Crippen molar-refractivity contribution in [3.8, 4) is 0 Å². The van der Waals surface area contributed by atoms with Crippen molar-refractivity contribution in [1.82, 2.24) is 0 Å². The Morgan fingerprint density at radius 2 is 1.96 bits per heavy atom. The molecule has 0 amide bonds. The zero-order valence-corrected chi connectivity index (χ0v) is 12.5. The summed E-state index contributed by atoms with van der Waals surface area (Å²) in [6.45, 7) is 3.31. The van der Waals surface area contributed by atoms with Gasteiger partial charge in [-0.1, -0.05) is 19.1 Å². The molecule has 0 heterocycles. The van der Waals surface area contributed by atoms with Gasteiger partial charge in [-0.05, 0) is 25.5 Å². The van der Waals surface area contributed by atoms with Gasteiger partial charge in [0.2, 0.25) is 0 Å². The molecule has 1 rings (SSSR count). The van der Waals surface area contributed by atoms with Gasteiger partial charge in [0.25, 0.3) is 11.5 Å². The lowest BCUT2D eigenvalue weighted by atomic mass is 10.1. The van der Waals surface area contributed by atoms with E-state index in [-0.39, 0.29) is 11.3 Å². The van der Waals surface area contributed by atoms with Crippen LogP contribution in [0.15, 0.2) is 29.8 Å². The third-order valence-electron chi connectivity index (χ3n) is 2.98. The maximum atomic E-state index is 12.0. The van der Waals surface area contributed by atoms with E-state index in [4.69, 9.17) is 9.84 Å². The Morgan fingerprint density at radius 3 is 2.48 bits per heavy atom. The molecule has 1 aromatic carbocycles. The number of para-hydroxylation sites is 1. The first-order valence-electron chi connectivity index (χ1n) is 6.71. The number of nitrogens with zero attached hydrogens (tertiary/aromatic N) is 1. The summed E-state index contributed by atoms with van der Waals surface area (Å²) in [5.41, 5.74) is -1.20. The minimum Gasteiger partial charge on any atom is -0.475 e. The normalized spacial score (nSPS) is 12.3. The minimum absolute atomic E-state index is 0.0665. The molecule has 0 bridgehead atoms. The van der Waals surface area contributed by atoms with Crippen LogP contribution in [0.1, 0.15) is 25.8 Å². The average Bonchev–Trinajstić information content (AvgIpc) is 2.51. The van der Waals surface area contributed by atoms with Crippen molar-refractivity contribution in [3.05, 3.63) is 45.5 Å². The summed E-state index contributed by atoms with van der Waals surface area (Å²) in [6, 6.07) is 5.34. The molecular weight excluding hydrogens is 306 g/mol. The van der Waals surface area contributed by atoms with E-state index < -0.39 is 34.3 Å². The number of ether oxygens (including phenoxy) is 1. The van der Waals surface area contributed by atoms with Crippen LogP contribution >= 0.6 is 0 Å². The predicted molar refractivity (Wildman–Crippen MR) is 79.6 cm³/mol. The maximum absolute atomic E-state index is 12.0. The number of benzene rings is 1. The zero-order valence-electron chi connectivity index (χ0n) is 12.5. The molecule has 23 heavy (non-hydrogen) atoms. The highest BCUT2D eigenvalue weighted by atomic mass is 16.6. The quantitative estimate of drug-likeness (QED) is 0.155. The van der Waals surface area contributed by atoms with Gasteiger partial charge in [-0.15, -0.1) is 0 Å². The molecule has 1 N–H and O–H groups in total. The molecule has 0 radical (unpaired) electrons. The van der Waals surface area contributed by atoms with E-state index >= 15 is 0 Å². The number of rotatable bonds is 7. The van der Waals surface area contributed by atoms with Crippen molar-refractivity contribution in [2.45, 2.75) is 26.4 Å². The van der Waals surface area contributed by atoms with Crippen molar-refractivity contribution in [1.29, 1.82) is 0 Å². The van der Waals surface area contributed by atoms with Gasteiger partial charge in [0.1, 0.15) is 5.57 Å². The fourth-order valence-electron chi connectivity index (χ4n) is 1.59. The van der Waals surface area contributed by atoms with Crippen LogP contribution in [-0.2, 0) is 19.1 Å². The van der Waals surface area contributed by atoms with Crippen molar-refractivity contribution >= 4 is 29.5 Å². The third kappa shape index (κ3) is 4.73. The smallest absolute Gasteiger partial charge is 0.377 e. The molecule has 122 valence electrons. The number of aliphatic carboxylic acids is 1. The van der Waals surface area contributed by atoms with Crippen molar-refractivity contribution in [3.63, 3.8) is 0 Å². The first kappa shape index (κ1) is 18.0. The van der Waals surface area contributed by atoms with E-state index in [1.807, 2.05) is 0 Å². The Labute approximate surface area is 131 Å². The number of carbonyl (C=O) groups excluding carboxylic acids is 2. The van der Waals surface area contributed by atoms with Crippen LogP contribution in [0.25, 0.3) is 6.08 Å². The standard InChI is InChI=1S/C15H15NO7/c1-3-9(2)23-15(20)11(13(17)14(18)19)8-10-6-4-5-7-12(10)16(21)22/h4-9H,3H2,1-2H3,(H,18,19). The maximum Gasteiger partial charge on any atom is 0.377 e. The van der Waals surface area contributed by atoms with E-state index in [0.29, 0.717) is 6.42 Å². The molecule has 1 atom stereocenters. The number of nitro groups is 1. The summed E-state index contributed by atoms with van der Waals surface area (Å²) in [7, 11) is 0. The summed E-state index contributed by atoms with van der Waals surface area (Å²) in [5.74, 6) is -4.47. The average molecular weight is 321 g/mol. The number of esters is 1. The topological polar surface area (TPSA) is 124 Å². The Kier molecular flexibility index (Phi) is 6.13. The largest absolute Gasteiger partial charge is 0.475 e. The molecule has 8 heteroatoms. The van der Waals surface area contributed by atoms with Crippen molar-refractivity contribution < 1.29 is 29.2 Å². The summed E-state index contributed by atoms with van der Waals surface area (Å²) in [5, 5.41) is 19.8. The predicted octanol–water partition coefficient (Wildman–Crippen LogP) is 1.97. The lowest BCUT2D eigenvalue weighted by molar-refractivity contribution is -0.385. The number of hydrogen-bond donors (Lipinski definition) is 1. The molecule has 0 aliphatic carbocycles. The van der Waals surface area contributed by atoms with Gasteiger partial charge in [-0.2, -0.15) is 0 Å². The van der Waals surface area contributed by atoms with Crippen LogP contribution in [0.4, 0.5) is 5.69 Å². The van der Waals surface area contributed by atoms with Crippen LogP contribution in [0.3, 0.4) is 0 Å². The molecule has 0 aliphatic rings. The monoisotopic (exact) mass is 321 g/mol. The van der Waals surface area contributed by atoms with Gasteiger partial charge in [0, 0.05) is 6.07 Å². The Morgan fingerprint density at radius 1 is 1.35 bits per heavy atom. The zero-order chi connectivity index (χ0) is 17.6. The first-order valence-corrected chi connectivity index (χ1v) is 6.71. The number of carboxylic acids is 1. The number of ketones is 1. The molecule has 0 fully saturated rings. The molecule has 0 saturated heterocycles. The van der Waals surface area contributed by atoms with E-state index in [1.165, 1.54) is 24.3 Å². The molecule has 1 unspecified atom stereocenters. The summed E-state index contributed by atoms with van der Waals surface area (Å²) in [6.07, 6.45) is 0.795. The SMILES string of the molecule is CCC(C)OC(=O)C(=Cc1ccccc1[N+](=O)[O-])C(=O)C(=O)O. The third-order valence-corrected chi connectivity index (χ3v) is 2.98. The summed E-state index contributed by atoms with van der Waals surface area (Å²) < 4.78 is 4.94. The Hall–Kier alpha value is -3.03. The van der Waals surface area contributed by atoms with Crippen molar-refractivity contribution in [2.75, 3.05) is 0 Å². The van der Waals surface area contributed by atoms with E-state index in [1.54, 1.807) is 13.8 Å².